The van der Waals surface area contributed by atoms with Gasteiger partial charge in [-0.25, -0.2) is 0 Å². The Bertz CT molecular complexity index is 690. The Morgan fingerprint density at radius 2 is 2.00 bits per heavy atom. The zero-order chi connectivity index (χ0) is 14.8. The molecule has 0 fully saturated rings. The second-order valence-corrected chi connectivity index (χ2v) is 6.81. The van der Waals surface area contributed by atoms with E-state index >= 15 is 0 Å². The fourth-order valence-electron chi connectivity index (χ4n) is 2.40. The first-order chi connectivity index (χ1) is 10.1. The molecule has 3 rings (SSSR count). The summed E-state index contributed by atoms with van der Waals surface area (Å²) in [5.74, 6) is 0.805. The Balaban J connectivity index is 1.84. The molecular weight excluding hydrogens is 325 g/mol. The smallest absolute Gasteiger partial charge is 0.253 e. The molecule has 108 valence electrons. The van der Waals surface area contributed by atoms with E-state index in [2.05, 4.69) is 17.4 Å². The van der Waals surface area contributed by atoms with Gasteiger partial charge in [-0.2, -0.15) is 0 Å². The van der Waals surface area contributed by atoms with Gasteiger partial charge in [0.15, 0.2) is 0 Å². The predicted molar refractivity (Wildman–Crippen MR) is 88.5 cm³/mol. The number of halogens is 2. The minimum Gasteiger partial charge on any atom is -0.345 e. The van der Waals surface area contributed by atoms with Gasteiger partial charge in [0.2, 0.25) is 0 Å². The van der Waals surface area contributed by atoms with Crippen LogP contribution in [0, 0.1) is 0 Å². The third-order valence-corrected chi connectivity index (χ3v) is 5.12. The molecule has 1 aliphatic heterocycles. The lowest BCUT2D eigenvalue weighted by Crippen LogP contribution is -2.30. The lowest BCUT2D eigenvalue weighted by molar-refractivity contribution is 0.0935. The van der Waals surface area contributed by atoms with E-state index in [1.807, 2.05) is 23.9 Å². The van der Waals surface area contributed by atoms with Crippen LogP contribution in [0.1, 0.15) is 28.4 Å². The molecule has 0 saturated carbocycles. The van der Waals surface area contributed by atoms with Gasteiger partial charge in [0.1, 0.15) is 0 Å². The van der Waals surface area contributed by atoms with E-state index < -0.39 is 0 Å². The van der Waals surface area contributed by atoms with Crippen molar-refractivity contribution in [1.82, 2.24) is 5.32 Å². The van der Waals surface area contributed by atoms with Crippen molar-refractivity contribution in [2.24, 2.45) is 0 Å². The molecule has 0 aromatic heterocycles. The highest BCUT2D eigenvalue weighted by atomic mass is 35.5. The van der Waals surface area contributed by atoms with Crippen molar-refractivity contribution in [3.8, 4) is 0 Å². The third kappa shape index (κ3) is 3.20. The maximum Gasteiger partial charge on any atom is 0.253 e. The molecule has 1 N–H and O–H groups in total. The van der Waals surface area contributed by atoms with Gasteiger partial charge >= 0.3 is 0 Å². The van der Waals surface area contributed by atoms with Gasteiger partial charge in [-0.1, -0.05) is 41.4 Å². The van der Waals surface area contributed by atoms with Gasteiger partial charge in [-0.05, 0) is 36.2 Å². The Labute approximate surface area is 137 Å². The number of nitrogens with one attached hydrogen (secondary N) is 1. The van der Waals surface area contributed by atoms with E-state index in [1.165, 1.54) is 10.5 Å². The van der Waals surface area contributed by atoms with Crippen molar-refractivity contribution in [2.45, 2.75) is 17.4 Å². The van der Waals surface area contributed by atoms with Crippen molar-refractivity contribution >= 4 is 40.9 Å². The van der Waals surface area contributed by atoms with Crippen molar-refractivity contribution in [2.75, 3.05) is 5.75 Å². The van der Waals surface area contributed by atoms with Crippen LogP contribution in [0.15, 0.2) is 47.4 Å². The molecular formula is C16H13Cl2NOS. The van der Waals surface area contributed by atoms with Gasteiger partial charge in [0.05, 0.1) is 16.6 Å². The minimum atomic E-state index is -0.186. The average molecular weight is 338 g/mol. The van der Waals surface area contributed by atoms with Crippen molar-refractivity contribution in [3.63, 3.8) is 0 Å². The number of carbonyl (C=O) groups is 1. The first-order valence-corrected chi connectivity index (χ1v) is 8.37. The fourth-order valence-corrected chi connectivity index (χ4v) is 3.90. The van der Waals surface area contributed by atoms with E-state index in [9.17, 15) is 4.79 Å². The number of rotatable bonds is 2. The number of hydrogen-bond donors (Lipinski definition) is 1. The van der Waals surface area contributed by atoms with Gasteiger partial charge in [-0.3, -0.25) is 4.79 Å². The normalized spacial score (nSPS) is 17.1. The van der Waals surface area contributed by atoms with E-state index in [0.29, 0.717) is 15.6 Å². The molecule has 2 aromatic rings. The molecule has 0 spiro atoms. The summed E-state index contributed by atoms with van der Waals surface area (Å²) in [6.07, 6.45) is 0.908. The summed E-state index contributed by atoms with van der Waals surface area (Å²) in [5.41, 5.74) is 1.58. The molecule has 0 radical (unpaired) electrons. The van der Waals surface area contributed by atoms with Crippen molar-refractivity contribution < 1.29 is 4.79 Å². The molecule has 21 heavy (non-hydrogen) atoms. The highest BCUT2D eigenvalue weighted by Gasteiger charge is 2.23. The number of thioether (sulfide) groups is 1. The Morgan fingerprint density at radius 3 is 2.86 bits per heavy atom. The highest BCUT2D eigenvalue weighted by Crippen LogP contribution is 2.36. The maximum absolute atomic E-state index is 12.4. The lowest BCUT2D eigenvalue weighted by Gasteiger charge is -2.26. The number of hydrogen-bond acceptors (Lipinski definition) is 2. The summed E-state index contributed by atoms with van der Waals surface area (Å²) >= 11 is 13.9. The van der Waals surface area contributed by atoms with Gasteiger partial charge < -0.3 is 5.32 Å². The number of carbonyl (C=O) groups excluding carboxylic acids is 1. The molecule has 1 amide bonds. The lowest BCUT2D eigenvalue weighted by atomic mass is 10.0. The second kappa shape index (κ2) is 6.30. The predicted octanol–water partition coefficient (Wildman–Crippen LogP) is 4.96. The largest absolute Gasteiger partial charge is 0.345 e. The zero-order valence-corrected chi connectivity index (χ0v) is 13.4. The SMILES string of the molecule is O=C(NC1CCSc2ccccc21)c1cc(Cl)ccc1Cl. The second-order valence-electron chi connectivity index (χ2n) is 4.83. The summed E-state index contributed by atoms with van der Waals surface area (Å²) in [7, 11) is 0. The minimum absolute atomic E-state index is 0.0185. The molecule has 1 heterocycles. The van der Waals surface area contributed by atoms with E-state index in [0.717, 1.165) is 12.2 Å². The topological polar surface area (TPSA) is 29.1 Å². The Morgan fingerprint density at radius 1 is 1.19 bits per heavy atom. The van der Waals surface area contributed by atoms with Gasteiger partial charge in [0.25, 0.3) is 5.91 Å². The summed E-state index contributed by atoms with van der Waals surface area (Å²) in [6, 6.07) is 13.1. The van der Waals surface area contributed by atoms with Crippen LogP contribution in [0.4, 0.5) is 0 Å². The van der Waals surface area contributed by atoms with Gasteiger partial charge in [-0.15, -0.1) is 11.8 Å². The Kier molecular flexibility index (Phi) is 4.43. The maximum atomic E-state index is 12.4. The molecule has 0 saturated heterocycles. The van der Waals surface area contributed by atoms with E-state index in [-0.39, 0.29) is 11.9 Å². The van der Waals surface area contributed by atoms with Crippen LogP contribution in [-0.2, 0) is 0 Å². The molecule has 2 aromatic carbocycles. The van der Waals surface area contributed by atoms with E-state index in [4.69, 9.17) is 23.2 Å². The monoisotopic (exact) mass is 337 g/mol. The Hall–Kier alpha value is -1.16. The van der Waals surface area contributed by atoms with Crippen LogP contribution in [0.25, 0.3) is 0 Å². The van der Waals surface area contributed by atoms with Crippen LogP contribution in [-0.4, -0.2) is 11.7 Å². The number of fused-ring (bicyclic) bond motifs is 1. The number of amides is 1. The van der Waals surface area contributed by atoms with Gasteiger partial charge in [0, 0.05) is 15.7 Å². The van der Waals surface area contributed by atoms with Crippen molar-refractivity contribution in [3.05, 3.63) is 63.6 Å². The summed E-state index contributed by atoms with van der Waals surface area (Å²) in [5, 5.41) is 3.98. The first kappa shape index (κ1) is 14.8. The standard InChI is InChI=1S/C16H13Cl2NOS/c17-10-5-6-13(18)12(9-10)16(20)19-14-7-8-21-15-4-2-1-3-11(14)15/h1-6,9,14H,7-8H2,(H,19,20). The number of benzene rings is 2. The highest BCUT2D eigenvalue weighted by molar-refractivity contribution is 7.99. The quantitative estimate of drug-likeness (QED) is 0.838. The molecule has 1 aliphatic rings. The average Bonchev–Trinajstić information content (AvgIpc) is 2.50. The van der Waals surface area contributed by atoms with Crippen molar-refractivity contribution in [1.29, 1.82) is 0 Å². The molecule has 0 aliphatic carbocycles. The summed E-state index contributed by atoms with van der Waals surface area (Å²) < 4.78 is 0. The summed E-state index contributed by atoms with van der Waals surface area (Å²) in [6.45, 7) is 0. The first-order valence-electron chi connectivity index (χ1n) is 6.63. The fraction of sp³-hybridized carbons (Fsp3) is 0.188. The molecule has 1 unspecified atom stereocenters. The van der Waals surface area contributed by atoms with E-state index in [1.54, 1.807) is 18.2 Å². The van der Waals surface area contributed by atoms with Crippen LogP contribution >= 0.6 is 35.0 Å². The summed E-state index contributed by atoms with van der Waals surface area (Å²) in [4.78, 5) is 13.7. The van der Waals surface area contributed by atoms with Crippen LogP contribution < -0.4 is 5.32 Å². The molecule has 2 nitrogen and oxygen atoms in total. The molecule has 1 atom stereocenters. The zero-order valence-electron chi connectivity index (χ0n) is 11.1. The molecule has 5 heteroatoms. The molecule has 0 bridgehead atoms. The van der Waals surface area contributed by atoms with Crippen LogP contribution in [0.2, 0.25) is 10.0 Å². The van der Waals surface area contributed by atoms with Crippen LogP contribution in [0.5, 0.6) is 0 Å². The van der Waals surface area contributed by atoms with Crippen LogP contribution in [0.3, 0.4) is 0 Å². The third-order valence-electron chi connectivity index (χ3n) is 3.44.